The molecule has 1 aliphatic heterocycles. The highest BCUT2D eigenvalue weighted by Gasteiger charge is 2.25. The Morgan fingerprint density at radius 3 is 2.80 bits per heavy atom. The lowest BCUT2D eigenvalue weighted by Crippen LogP contribution is -2.32. The zero-order valence-electron chi connectivity index (χ0n) is 12.0. The van der Waals surface area contributed by atoms with E-state index in [1.54, 1.807) is 6.20 Å². The van der Waals surface area contributed by atoms with Gasteiger partial charge < -0.3 is 9.51 Å². The molecule has 0 saturated carbocycles. The zero-order chi connectivity index (χ0) is 13.9. The number of nitrogens with zero attached hydrogens (tertiary/aromatic N) is 4. The zero-order valence-corrected chi connectivity index (χ0v) is 12.0. The van der Waals surface area contributed by atoms with E-state index in [9.17, 15) is 0 Å². The predicted octanol–water partition coefficient (Wildman–Crippen LogP) is 2.30. The standard InChI is InChI=1S/C14H21N5O/c1-10(2)13-17-14(20-18-13)11-3-7-19(8-4-11)9-12-15-5-6-16-12/h5-6,10-11H,3-4,7-9H2,1-2H3,(H,15,16). The van der Waals surface area contributed by atoms with Gasteiger partial charge in [0.05, 0.1) is 6.54 Å². The summed E-state index contributed by atoms with van der Waals surface area (Å²) in [7, 11) is 0. The Kier molecular flexibility index (Phi) is 3.82. The first-order valence-electron chi connectivity index (χ1n) is 7.26. The molecule has 20 heavy (non-hydrogen) atoms. The maximum Gasteiger partial charge on any atom is 0.229 e. The molecule has 0 aromatic carbocycles. The van der Waals surface area contributed by atoms with Gasteiger partial charge >= 0.3 is 0 Å². The summed E-state index contributed by atoms with van der Waals surface area (Å²) in [6, 6.07) is 0. The van der Waals surface area contributed by atoms with Crippen molar-refractivity contribution in [1.29, 1.82) is 0 Å². The van der Waals surface area contributed by atoms with Crippen LogP contribution in [0.3, 0.4) is 0 Å². The SMILES string of the molecule is CC(C)c1noc(C2CCN(Cc3ncc[nH]3)CC2)n1. The third-order valence-corrected chi connectivity index (χ3v) is 3.84. The first kappa shape index (κ1) is 13.3. The van der Waals surface area contributed by atoms with E-state index in [0.29, 0.717) is 11.8 Å². The highest BCUT2D eigenvalue weighted by Crippen LogP contribution is 2.28. The van der Waals surface area contributed by atoms with Crippen LogP contribution in [0.2, 0.25) is 0 Å². The first-order valence-corrected chi connectivity index (χ1v) is 7.26. The van der Waals surface area contributed by atoms with Gasteiger partial charge in [-0.3, -0.25) is 4.90 Å². The highest BCUT2D eigenvalue weighted by molar-refractivity contribution is 4.99. The van der Waals surface area contributed by atoms with Gasteiger partial charge in [-0.05, 0) is 25.9 Å². The molecule has 108 valence electrons. The van der Waals surface area contributed by atoms with Crippen molar-refractivity contribution in [3.8, 4) is 0 Å². The predicted molar refractivity (Wildman–Crippen MR) is 74.2 cm³/mol. The third-order valence-electron chi connectivity index (χ3n) is 3.84. The van der Waals surface area contributed by atoms with Crippen molar-refractivity contribution >= 4 is 0 Å². The minimum atomic E-state index is 0.326. The lowest BCUT2D eigenvalue weighted by Gasteiger charge is -2.29. The van der Waals surface area contributed by atoms with Crippen LogP contribution >= 0.6 is 0 Å². The number of hydrogen-bond donors (Lipinski definition) is 1. The van der Waals surface area contributed by atoms with Gasteiger partial charge in [0, 0.05) is 24.2 Å². The van der Waals surface area contributed by atoms with Gasteiger partial charge in [-0.1, -0.05) is 19.0 Å². The molecule has 0 spiro atoms. The first-order chi connectivity index (χ1) is 9.72. The molecule has 3 heterocycles. The van der Waals surface area contributed by atoms with E-state index in [4.69, 9.17) is 4.52 Å². The van der Waals surface area contributed by atoms with Crippen molar-refractivity contribution in [1.82, 2.24) is 25.0 Å². The summed E-state index contributed by atoms with van der Waals surface area (Å²) in [5, 5.41) is 4.06. The summed E-state index contributed by atoms with van der Waals surface area (Å²) in [6.07, 6.45) is 5.81. The molecule has 2 aromatic rings. The average molecular weight is 275 g/mol. The number of H-pyrrole nitrogens is 1. The second kappa shape index (κ2) is 5.75. The van der Waals surface area contributed by atoms with Crippen LogP contribution in [0.15, 0.2) is 16.9 Å². The van der Waals surface area contributed by atoms with E-state index in [1.165, 1.54) is 0 Å². The summed E-state index contributed by atoms with van der Waals surface area (Å²) in [5.74, 6) is 3.39. The molecule has 0 atom stereocenters. The molecular formula is C14H21N5O. The summed E-state index contributed by atoms with van der Waals surface area (Å²) in [5.41, 5.74) is 0. The van der Waals surface area contributed by atoms with Crippen LogP contribution in [0, 0.1) is 0 Å². The molecule has 0 amide bonds. The third kappa shape index (κ3) is 2.90. The smallest absolute Gasteiger partial charge is 0.229 e. The summed E-state index contributed by atoms with van der Waals surface area (Å²) in [4.78, 5) is 14.4. The Morgan fingerprint density at radius 1 is 1.40 bits per heavy atom. The lowest BCUT2D eigenvalue weighted by molar-refractivity contribution is 0.184. The van der Waals surface area contributed by atoms with Crippen LogP contribution in [-0.4, -0.2) is 38.1 Å². The summed E-state index contributed by atoms with van der Waals surface area (Å²) in [6.45, 7) is 7.15. The topological polar surface area (TPSA) is 70.8 Å². The van der Waals surface area contributed by atoms with Crippen molar-refractivity contribution in [3.63, 3.8) is 0 Å². The minimum Gasteiger partial charge on any atom is -0.348 e. The van der Waals surface area contributed by atoms with Gasteiger partial charge in [-0.25, -0.2) is 4.98 Å². The quantitative estimate of drug-likeness (QED) is 0.927. The van der Waals surface area contributed by atoms with Crippen molar-refractivity contribution in [2.45, 2.75) is 45.1 Å². The average Bonchev–Trinajstić information content (AvgIpc) is 3.10. The van der Waals surface area contributed by atoms with Gasteiger partial charge in [0.2, 0.25) is 5.89 Å². The monoisotopic (exact) mass is 275 g/mol. The van der Waals surface area contributed by atoms with Crippen LogP contribution in [0.4, 0.5) is 0 Å². The second-order valence-corrected chi connectivity index (χ2v) is 5.73. The van der Waals surface area contributed by atoms with Gasteiger partial charge in [0.15, 0.2) is 5.82 Å². The Bertz CT molecular complexity index is 526. The molecule has 1 aliphatic rings. The van der Waals surface area contributed by atoms with Crippen molar-refractivity contribution in [3.05, 3.63) is 29.9 Å². The molecule has 1 saturated heterocycles. The van der Waals surface area contributed by atoms with E-state index in [0.717, 1.165) is 50.0 Å². The minimum absolute atomic E-state index is 0.326. The number of imidazole rings is 1. The van der Waals surface area contributed by atoms with Crippen molar-refractivity contribution < 1.29 is 4.52 Å². The molecule has 3 rings (SSSR count). The molecular weight excluding hydrogens is 254 g/mol. The van der Waals surface area contributed by atoms with E-state index < -0.39 is 0 Å². The van der Waals surface area contributed by atoms with Crippen LogP contribution in [-0.2, 0) is 6.54 Å². The fraction of sp³-hybridized carbons (Fsp3) is 0.643. The maximum atomic E-state index is 5.41. The Morgan fingerprint density at radius 2 is 2.20 bits per heavy atom. The van der Waals surface area contributed by atoms with Crippen LogP contribution in [0.25, 0.3) is 0 Å². The number of likely N-dealkylation sites (tertiary alicyclic amines) is 1. The van der Waals surface area contributed by atoms with E-state index >= 15 is 0 Å². The molecule has 0 unspecified atom stereocenters. The number of nitrogens with one attached hydrogen (secondary N) is 1. The molecule has 2 aromatic heterocycles. The number of aromatic nitrogens is 4. The second-order valence-electron chi connectivity index (χ2n) is 5.73. The molecule has 0 aliphatic carbocycles. The van der Waals surface area contributed by atoms with Gasteiger partial charge in [0.25, 0.3) is 0 Å². The summed E-state index contributed by atoms with van der Waals surface area (Å²) >= 11 is 0. The number of piperidine rings is 1. The number of aromatic amines is 1. The fourth-order valence-electron chi connectivity index (χ4n) is 2.58. The van der Waals surface area contributed by atoms with Gasteiger partial charge in [-0.2, -0.15) is 4.98 Å². The van der Waals surface area contributed by atoms with Gasteiger partial charge in [-0.15, -0.1) is 0 Å². The molecule has 1 fully saturated rings. The normalized spacial score (nSPS) is 17.9. The molecule has 6 heteroatoms. The Labute approximate surface area is 118 Å². The largest absolute Gasteiger partial charge is 0.348 e. The van der Waals surface area contributed by atoms with E-state index in [2.05, 4.69) is 38.9 Å². The Hall–Kier alpha value is -1.69. The summed E-state index contributed by atoms with van der Waals surface area (Å²) < 4.78 is 5.41. The van der Waals surface area contributed by atoms with Crippen molar-refractivity contribution in [2.24, 2.45) is 0 Å². The fourth-order valence-corrected chi connectivity index (χ4v) is 2.58. The van der Waals surface area contributed by atoms with E-state index in [1.807, 2.05) is 6.20 Å². The molecule has 6 nitrogen and oxygen atoms in total. The molecule has 1 N–H and O–H groups in total. The van der Waals surface area contributed by atoms with Gasteiger partial charge in [0.1, 0.15) is 5.82 Å². The van der Waals surface area contributed by atoms with Crippen LogP contribution < -0.4 is 0 Å². The van der Waals surface area contributed by atoms with Crippen LogP contribution in [0.1, 0.15) is 56.1 Å². The number of rotatable bonds is 4. The highest BCUT2D eigenvalue weighted by atomic mass is 16.5. The van der Waals surface area contributed by atoms with Crippen LogP contribution in [0.5, 0.6) is 0 Å². The van der Waals surface area contributed by atoms with E-state index in [-0.39, 0.29) is 0 Å². The lowest BCUT2D eigenvalue weighted by atomic mass is 9.97. The van der Waals surface area contributed by atoms with Crippen molar-refractivity contribution in [2.75, 3.05) is 13.1 Å². The Balaban J connectivity index is 1.55. The molecule has 0 bridgehead atoms. The molecule has 0 radical (unpaired) electrons. The number of hydrogen-bond acceptors (Lipinski definition) is 5. The maximum absolute atomic E-state index is 5.41.